The van der Waals surface area contributed by atoms with Crippen LogP contribution in [0.2, 0.25) is 0 Å². The Hall–Kier alpha value is -1.22. The summed E-state index contributed by atoms with van der Waals surface area (Å²) in [5.74, 6) is 2.99. The lowest BCUT2D eigenvalue weighted by atomic mass is 9.80. The van der Waals surface area contributed by atoms with E-state index < -0.39 is 0 Å². The van der Waals surface area contributed by atoms with Gasteiger partial charge in [0.25, 0.3) is 0 Å². The van der Waals surface area contributed by atoms with E-state index in [0.29, 0.717) is 11.9 Å². The minimum absolute atomic E-state index is 0.143. The van der Waals surface area contributed by atoms with Gasteiger partial charge in [0.05, 0.1) is 17.5 Å². The van der Waals surface area contributed by atoms with Crippen LogP contribution in [0.15, 0.2) is 18.2 Å². The fourth-order valence-electron chi connectivity index (χ4n) is 3.17. The van der Waals surface area contributed by atoms with Gasteiger partial charge in [-0.05, 0) is 51.7 Å². The van der Waals surface area contributed by atoms with E-state index in [1.165, 1.54) is 19.3 Å². The standard InChI is InChI=1S/C17H23ClN2O/c1-11(2)21-15-9-5-8-14-17(15)19-16(10-18)20(14)12(3)13-6-4-7-13/h5,8-9,11-13H,4,6-7,10H2,1-3H3. The lowest BCUT2D eigenvalue weighted by Gasteiger charge is -2.33. The predicted octanol–water partition coefficient (Wildman–Crippen LogP) is 4.92. The van der Waals surface area contributed by atoms with Crippen molar-refractivity contribution >= 4 is 22.6 Å². The van der Waals surface area contributed by atoms with Crippen LogP contribution in [0.5, 0.6) is 5.75 Å². The molecule has 0 radical (unpaired) electrons. The molecule has 0 N–H and O–H groups in total. The molecular formula is C17H23ClN2O. The van der Waals surface area contributed by atoms with Gasteiger partial charge in [0.2, 0.25) is 0 Å². The van der Waals surface area contributed by atoms with Gasteiger partial charge in [-0.15, -0.1) is 11.6 Å². The molecule has 1 fully saturated rings. The van der Waals surface area contributed by atoms with Gasteiger partial charge in [-0.1, -0.05) is 12.5 Å². The average Bonchev–Trinajstić information content (AvgIpc) is 2.75. The highest BCUT2D eigenvalue weighted by molar-refractivity contribution is 6.16. The van der Waals surface area contributed by atoms with E-state index in [4.69, 9.17) is 21.3 Å². The molecular weight excluding hydrogens is 284 g/mol. The van der Waals surface area contributed by atoms with Crippen LogP contribution in [0.4, 0.5) is 0 Å². The van der Waals surface area contributed by atoms with Crippen molar-refractivity contribution < 1.29 is 4.74 Å². The third-order valence-corrected chi connectivity index (χ3v) is 4.72. The Morgan fingerprint density at radius 3 is 2.67 bits per heavy atom. The van der Waals surface area contributed by atoms with Crippen molar-refractivity contribution in [2.24, 2.45) is 5.92 Å². The van der Waals surface area contributed by atoms with E-state index in [1.807, 2.05) is 26.0 Å². The van der Waals surface area contributed by atoms with Gasteiger partial charge in [0.15, 0.2) is 0 Å². The second-order valence-corrected chi connectivity index (χ2v) is 6.52. The average molecular weight is 307 g/mol. The van der Waals surface area contributed by atoms with Crippen LogP contribution in [0.25, 0.3) is 11.0 Å². The van der Waals surface area contributed by atoms with Crippen LogP contribution in [0, 0.1) is 5.92 Å². The number of alkyl halides is 1. The normalized spacial score (nSPS) is 17.2. The first kappa shape index (κ1) is 14.7. The summed E-state index contributed by atoms with van der Waals surface area (Å²) in [5.41, 5.74) is 2.08. The summed E-state index contributed by atoms with van der Waals surface area (Å²) in [7, 11) is 0. The molecule has 1 unspecified atom stereocenters. The molecule has 1 aliphatic carbocycles. The molecule has 0 amide bonds. The van der Waals surface area contributed by atoms with Gasteiger partial charge in [0.1, 0.15) is 17.1 Å². The Morgan fingerprint density at radius 1 is 1.33 bits per heavy atom. The molecule has 1 aromatic carbocycles. The minimum atomic E-state index is 0.143. The first-order valence-electron chi connectivity index (χ1n) is 7.84. The molecule has 0 aliphatic heterocycles. The molecule has 3 rings (SSSR count). The fraction of sp³-hybridized carbons (Fsp3) is 0.588. The van der Waals surface area contributed by atoms with Crippen molar-refractivity contribution in [3.63, 3.8) is 0 Å². The van der Waals surface area contributed by atoms with Gasteiger partial charge in [0, 0.05) is 6.04 Å². The fourth-order valence-corrected chi connectivity index (χ4v) is 3.36. The molecule has 0 saturated heterocycles. The first-order valence-corrected chi connectivity index (χ1v) is 8.37. The summed E-state index contributed by atoms with van der Waals surface area (Å²) < 4.78 is 8.22. The zero-order valence-electron chi connectivity index (χ0n) is 13.0. The van der Waals surface area contributed by atoms with Crippen molar-refractivity contribution in [3.05, 3.63) is 24.0 Å². The third kappa shape index (κ3) is 2.64. The smallest absolute Gasteiger partial charge is 0.147 e. The highest BCUT2D eigenvalue weighted by Crippen LogP contribution is 2.39. The molecule has 1 aromatic heterocycles. The quantitative estimate of drug-likeness (QED) is 0.733. The third-order valence-electron chi connectivity index (χ3n) is 4.48. The summed E-state index contributed by atoms with van der Waals surface area (Å²) in [6.45, 7) is 6.36. The molecule has 1 aliphatic rings. The van der Waals surface area contributed by atoms with Crippen molar-refractivity contribution in [1.29, 1.82) is 0 Å². The maximum atomic E-state index is 6.15. The lowest BCUT2D eigenvalue weighted by molar-refractivity contribution is 0.223. The summed E-state index contributed by atoms with van der Waals surface area (Å²) in [6, 6.07) is 6.61. The van der Waals surface area contributed by atoms with Crippen LogP contribution >= 0.6 is 11.6 Å². The van der Waals surface area contributed by atoms with E-state index in [0.717, 1.165) is 28.5 Å². The maximum Gasteiger partial charge on any atom is 0.147 e. The number of benzene rings is 1. The number of fused-ring (bicyclic) bond motifs is 1. The zero-order valence-corrected chi connectivity index (χ0v) is 13.7. The Balaban J connectivity index is 2.09. The Bertz CT molecular complexity index is 631. The van der Waals surface area contributed by atoms with Crippen LogP contribution in [0.1, 0.15) is 51.9 Å². The Morgan fingerprint density at radius 2 is 2.10 bits per heavy atom. The highest BCUT2D eigenvalue weighted by atomic mass is 35.5. The second-order valence-electron chi connectivity index (χ2n) is 6.25. The van der Waals surface area contributed by atoms with Crippen LogP contribution in [-0.2, 0) is 5.88 Å². The molecule has 1 saturated carbocycles. The van der Waals surface area contributed by atoms with Crippen LogP contribution in [-0.4, -0.2) is 15.7 Å². The Labute approximate surface area is 131 Å². The second kappa shape index (κ2) is 5.88. The van der Waals surface area contributed by atoms with Crippen LogP contribution < -0.4 is 4.74 Å². The number of para-hydroxylation sites is 1. The molecule has 3 nitrogen and oxygen atoms in total. The van der Waals surface area contributed by atoms with E-state index >= 15 is 0 Å². The van der Waals surface area contributed by atoms with E-state index in [1.54, 1.807) is 0 Å². The van der Waals surface area contributed by atoms with Crippen molar-refractivity contribution in [2.45, 2.75) is 58.1 Å². The van der Waals surface area contributed by atoms with Gasteiger partial charge in [-0.25, -0.2) is 4.98 Å². The number of ether oxygens (including phenoxy) is 1. The molecule has 1 atom stereocenters. The summed E-state index contributed by atoms with van der Waals surface area (Å²) in [4.78, 5) is 4.75. The molecule has 4 heteroatoms. The molecule has 1 heterocycles. The number of hydrogen-bond donors (Lipinski definition) is 0. The van der Waals surface area contributed by atoms with E-state index in [-0.39, 0.29) is 6.10 Å². The van der Waals surface area contributed by atoms with Crippen molar-refractivity contribution in [2.75, 3.05) is 0 Å². The molecule has 0 bridgehead atoms. The maximum absolute atomic E-state index is 6.15. The summed E-state index contributed by atoms with van der Waals surface area (Å²) in [6.07, 6.45) is 4.11. The van der Waals surface area contributed by atoms with Gasteiger partial charge < -0.3 is 9.30 Å². The number of imidazole rings is 1. The van der Waals surface area contributed by atoms with Gasteiger partial charge in [-0.3, -0.25) is 0 Å². The number of nitrogens with zero attached hydrogens (tertiary/aromatic N) is 2. The number of rotatable bonds is 5. The predicted molar refractivity (Wildman–Crippen MR) is 87.1 cm³/mol. The van der Waals surface area contributed by atoms with Gasteiger partial charge >= 0.3 is 0 Å². The van der Waals surface area contributed by atoms with Crippen LogP contribution in [0.3, 0.4) is 0 Å². The van der Waals surface area contributed by atoms with E-state index in [9.17, 15) is 0 Å². The number of halogens is 1. The van der Waals surface area contributed by atoms with Crippen molar-refractivity contribution in [1.82, 2.24) is 9.55 Å². The highest BCUT2D eigenvalue weighted by Gasteiger charge is 2.28. The molecule has 114 valence electrons. The minimum Gasteiger partial charge on any atom is -0.489 e. The van der Waals surface area contributed by atoms with E-state index in [2.05, 4.69) is 17.6 Å². The number of hydrogen-bond acceptors (Lipinski definition) is 2. The van der Waals surface area contributed by atoms with Crippen molar-refractivity contribution in [3.8, 4) is 5.75 Å². The zero-order chi connectivity index (χ0) is 15.0. The summed E-state index contributed by atoms with van der Waals surface area (Å²) in [5, 5.41) is 0. The lowest BCUT2D eigenvalue weighted by Crippen LogP contribution is -2.24. The Kier molecular flexibility index (Phi) is 4.12. The largest absolute Gasteiger partial charge is 0.489 e. The topological polar surface area (TPSA) is 27.1 Å². The SMILES string of the molecule is CC(C)Oc1cccc2c1nc(CCl)n2C(C)C1CCC1. The molecule has 0 spiro atoms. The van der Waals surface area contributed by atoms with Gasteiger partial charge in [-0.2, -0.15) is 0 Å². The molecule has 2 aromatic rings. The monoisotopic (exact) mass is 306 g/mol. The number of aromatic nitrogens is 2. The summed E-state index contributed by atoms with van der Waals surface area (Å²) >= 11 is 6.15. The first-order chi connectivity index (χ1) is 10.1. The molecule has 21 heavy (non-hydrogen) atoms.